The molecule has 0 radical (unpaired) electrons. The van der Waals surface area contributed by atoms with Crippen molar-refractivity contribution < 1.29 is 9.53 Å². The summed E-state index contributed by atoms with van der Waals surface area (Å²) < 4.78 is 9.25. The summed E-state index contributed by atoms with van der Waals surface area (Å²) in [4.78, 5) is 40.0. The number of rotatable bonds is 6. The molecule has 2 aromatic rings. The molecule has 0 aliphatic heterocycles. The second kappa shape index (κ2) is 6.80. The van der Waals surface area contributed by atoms with E-state index in [0.29, 0.717) is 6.42 Å². The van der Waals surface area contributed by atoms with E-state index >= 15 is 0 Å². The Balaban J connectivity index is 2.57. The monoisotopic (exact) mass is 322 g/mol. The Labute approximate surface area is 133 Å². The van der Waals surface area contributed by atoms with Gasteiger partial charge in [0.1, 0.15) is 6.33 Å². The molecule has 0 amide bonds. The zero-order chi connectivity index (χ0) is 17.1. The van der Waals surface area contributed by atoms with Crippen molar-refractivity contribution in [1.82, 2.24) is 18.7 Å². The quantitative estimate of drug-likeness (QED) is 0.586. The van der Waals surface area contributed by atoms with Crippen molar-refractivity contribution in [2.75, 3.05) is 0 Å². The predicted molar refractivity (Wildman–Crippen MR) is 85.2 cm³/mol. The second-order valence-electron chi connectivity index (χ2n) is 5.59. The minimum Gasteiger partial charge on any atom is -0.441 e. The fraction of sp³-hybridized carbons (Fsp3) is 0.600. The van der Waals surface area contributed by atoms with Gasteiger partial charge in [0.05, 0.1) is 0 Å². The van der Waals surface area contributed by atoms with Crippen LogP contribution < -0.4 is 11.2 Å². The average Bonchev–Trinajstić information content (AvgIpc) is 2.94. The van der Waals surface area contributed by atoms with Gasteiger partial charge in [-0.05, 0) is 6.42 Å². The van der Waals surface area contributed by atoms with Crippen molar-refractivity contribution in [3.8, 4) is 0 Å². The molecule has 2 aromatic heterocycles. The van der Waals surface area contributed by atoms with E-state index in [0.717, 1.165) is 23.8 Å². The summed E-state index contributed by atoms with van der Waals surface area (Å²) in [5.41, 5.74) is -0.348. The number of aromatic nitrogens is 4. The molecule has 0 fully saturated rings. The number of fused-ring (bicyclic) bond motifs is 1. The van der Waals surface area contributed by atoms with Crippen LogP contribution in [0.2, 0.25) is 0 Å². The Hall–Kier alpha value is -2.38. The molecule has 0 aliphatic carbocycles. The first kappa shape index (κ1) is 17.0. The summed E-state index contributed by atoms with van der Waals surface area (Å²) in [6.07, 6.45) is 4.33. The van der Waals surface area contributed by atoms with E-state index < -0.39 is 23.4 Å². The Morgan fingerprint density at radius 2 is 1.96 bits per heavy atom. The van der Waals surface area contributed by atoms with Crippen LogP contribution in [0, 0.1) is 0 Å². The molecular weight excluding hydrogens is 300 g/mol. The second-order valence-corrected chi connectivity index (χ2v) is 5.59. The van der Waals surface area contributed by atoms with Gasteiger partial charge >= 0.3 is 11.7 Å². The van der Waals surface area contributed by atoms with Gasteiger partial charge in [-0.3, -0.25) is 23.3 Å². The normalized spacial score (nSPS) is 12.5. The zero-order valence-electron chi connectivity index (χ0n) is 13.9. The number of carbonyl (C=O) groups excluding carboxylic acids is 1. The highest BCUT2D eigenvalue weighted by molar-refractivity contribution is 5.70. The van der Waals surface area contributed by atoms with Crippen molar-refractivity contribution in [2.45, 2.75) is 45.8 Å². The Morgan fingerprint density at radius 3 is 2.57 bits per heavy atom. The number of aryl methyl sites for hydroxylation is 1. The van der Waals surface area contributed by atoms with Gasteiger partial charge in [0.15, 0.2) is 17.4 Å². The summed E-state index contributed by atoms with van der Waals surface area (Å²) in [5.74, 6) is -0.421. The standard InChI is InChI=1S/C15H22N4O4/c1-5-6-7-8-11(23-10(2)20)19-9-16-13-12(19)14(21)18(4)15(22)17(13)3/h9,11H,5-8H2,1-4H3. The molecule has 0 saturated carbocycles. The van der Waals surface area contributed by atoms with Crippen molar-refractivity contribution in [3.63, 3.8) is 0 Å². The lowest BCUT2D eigenvalue weighted by Crippen LogP contribution is -2.38. The molecule has 1 unspecified atom stereocenters. The topological polar surface area (TPSA) is 88.1 Å². The maximum absolute atomic E-state index is 12.5. The van der Waals surface area contributed by atoms with Crippen LogP contribution >= 0.6 is 0 Å². The molecule has 126 valence electrons. The van der Waals surface area contributed by atoms with Gasteiger partial charge < -0.3 is 4.74 Å². The van der Waals surface area contributed by atoms with Gasteiger partial charge in [0, 0.05) is 27.4 Å². The van der Waals surface area contributed by atoms with E-state index in [-0.39, 0.29) is 11.2 Å². The first-order valence-corrected chi connectivity index (χ1v) is 7.68. The third-order valence-electron chi connectivity index (χ3n) is 3.84. The van der Waals surface area contributed by atoms with Crippen LogP contribution in [-0.4, -0.2) is 24.7 Å². The first-order valence-electron chi connectivity index (χ1n) is 7.68. The third kappa shape index (κ3) is 3.20. The fourth-order valence-corrected chi connectivity index (χ4v) is 2.60. The molecule has 2 rings (SSSR count). The molecule has 0 bridgehead atoms. The lowest BCUT2D eigenvalue weighted by atomic mass is 10.2. The van der Waals surface area contributed by atoms with E-state index in [1.165, 1.54) is 24.9 Å². The summed E-state index contributed by atoms with van der Waals surface area (Å²) in [5, 5.41) is 0. The van der Waals surface area contributed by atoms with Crippen molar-refractivity contribution in [2.24, 2.45) is 14.1 Å². The first-order chi connectivity index (χ1) is 10.9. The number of imidazole rings is 1. The molecule has 0 spiro atoms. The molecule has 0 N–H and O–H groups in total. The average molecular weight is 322 g/mol. The number of esters is 1. The van der Waals surface area contributed by atoms with Crippen LogP contribution in [0.1, 0.15) is 45.8 Å². The molecule has 8 nitrogen and oxygen atoms in total. The number of ether oxygens (including phenoxy) is 1. The van der Waals surface area contributed by atoms with Gasteiger partial charge in [0.2, 0.25) is 0 Å². The number of nitrogens with zero attached hydrogens (tertiary/aromatic N) is 4. The van der Waals surface area contributed by atoms with Crippen molar-refractivity contribution in [3.05, 3.63) is 27.2 Å². The third-order valence-corrected chi connectivity index (χ3v) is 3.84. The molecular formula is C15H22N4O4. The van der Waals surface area contributed by atoms with E-state index in [1.54, 1.807) is 11.6 Å². The largest absolute Gasteiger partial charge is 0.441 e. The lowest BCUT2D eigenvalue weighted by molar-refractivity contribution is -0.151. The van der Waals surface area contributed by atoms with Crippen LogP contribution in [0.5, 0.6) is 0 Å². The Morgan fingerprint density at radius 1 is 1.26 bits per heavy atom. The number of hydrogen-bond acceptors (Lipinski definition) is 5. The van der Waals surface area contributed by atoms with Gasteiger partial charge in [-0.2, -0.15) is 0 Å². The molecule has 2 heterocycles. The lowest BCUT2D eigenvalue weighted by Gasteiger charge is -2.19. The number of carbonyl (C=O) groups is 1. The summed E-state index contributed by atoms with van der Waals surface area (Å²) in [6.45, 7) is 3.42. The van der Waals surface area contributed by atoms with Crippen LogP contribution in [0.15, 0.2) is 15.9 Å². The van der Waals surface area contributed by atoms with Crippen LogP contribution in [-0.2, 0) is 23.6 Å². The number of unbranched alkanes of at least 4 members (excludes halogenated alkanes) is 2. The Kier molecular flexibility index (Phi) is 5.02. The zero-order valence-corrected chi connectivity index (χ0v) is 13.9. The summed E-state index contributed by atoms with van der Waals surface area (Å²) >= 11 is 0. The highest BCUT2D eigenvalue weighted by Gasteiger charge is 2.21. The van der Waals surface area contributed by atoms with Crippen LogP contribution in [0.3, 0.4) is 0 Å². The van der Waals surface area contributed by atoms with Crippen molar-refractivity contribution in [1.29, 1.82) is 0 Å². The summed E-state index contributed by atoms with van der Waals surface area (Å²) in [6, 6.07) is 0. The molecule has 0 aromatic carbocycles. The minimum absolute atomic E-state index is 0.261. The summed E-state index contributed by atoms with van der Waals surface area (Å²) in [7, 11) is 2.97. The van der Waals surface area contributed by atoms with Crippen molar-refractivity contribution >= 4 is 17.1 Å². The molecule has 0 aliphatic rings. The van der Waals surface area contributed by atoms with E-state index in [1.807, 2.05) is 0 Å². The smallest absolute Gasteiger partial charge is 0.332 e. The SMILES string of the molecule is CCCCCC(OC(C)=O)n1cnc2c1c(=O)n(C)c(=O)n2C. The Bertz CT molecular complexity index is 830. The van der Waals surface area contributed by atoms with Gasteiger partial charge in [0.25, 0.3) is 5.56 Å². The fourth-order valence-electron chi connectivity index (χ4n) is 2.60. The van der Waals surface area contributed by atoms with Gasteiger partial charge in [-0.15, -0.1) is 0 Å². The van der Waals surface area contributed by atoms with Crippen LogP contribution in [0.25, 0.3) is 11.2 Å². The molecule has 1 atom stereocenters. The molecule has 8 heteroatoms. The van der Waals surface area contributed by atoms with E-state index in [9.17, 15) is 14.4 Å². The van der Waals surface area contributed by atoms with Gasteiger partial charge in [-0.25, -0.2) is 9.78 Å². The highest BCUT2D eigenvalue weighted by Crippen LogP contribution is 2.21. The maximum atomic E-state index is 12.5. The molecule has 0 saturated heterocycles. The van der Waals surface area contributed by atoms with E-state index in [4.69, 9.17) is 4.74 Å². The van der Waals surface area contributed by atoms with Gasteiger partial charge in [-0.1, -0.05) is 19.8 Å². The molecule has 23 heavy (non-hydrogen) atoms. The predicted octanol–water partition coefficient (Wildman–Crippen LogP) is 1.08. The van der Waals surface area contributed by atoms with E-state index in [2.05, 4.69) is 11.9 Å². The maximum Gasteiger partial charge on any atom is 0.332 e. The minimum atomic E-state index is -0.603. The number of hydrogen-bond donors (Lipinski definition) is 0. The highest BCUT2D eigenvalue weighted by atomic mass is 16.6. The van der Waals surface area contributed by atoms with Crippen LogP contribution in [0.4, 0.5) is 0 Å².